The van der Waals surface area contributed by atoms with Gasteiger partial charge in [-0.05, 0) is 37.6 Å². The first-order chi connectivity index (χ1) is 11.8. The van der Waals surface area contributed by atoms with Crippen molar-refractivity contribution < 1.29 is 14.5 Å². The van der Waals surface area contributed by atoms with Crippen molar-refractivity contribution in [2.45, 2.75) is 19.9 Å². The van der Waals surface area contributed by atoms with Crippen molar-refractivity contribution in [2.24, 2.45) is 0 Å². The van der Waals surface area contributed by atoms with Crippen LogP contribution in [-0.2, 0) is 4.79 Å². The number of halogens is 1. The maximum Gasteiger partial charge on any atom is 0.269 e. The molecule has 0 saturated heterocycles. The number of benzene rings is 2. The molecule has 1 unspecified atom stereocenters. The van der Waals surface area contributed by atoms with Gasteiger partial charge in [-0.2, -0.15) is 0 Å². The molecule has 0 radical (unpaired) electrons. The average molecular weight is 364 g/mol. The molecule has 0 aliphatic heterocycles. The smallest absolute Gasteiger partial charge is 0.269 e. The van der Waals surface area contributed by atoms with Crippen LogP contribution in [0, 0.1) is 17.0 Å². The van der Waals surface area contributed by atoms with Crippen LogP contribution in [0.5, 0.6) is 5.75 Å². The van der Waals surface area contributed by atoms with Gasteiger partial charge >= 0.3 is 0 Å². The van der Waals surface area contributed by atoms with Gasteiger partial charge in [0.05, 0.1) is 17.7 Å². The van der Waals surface area contributed by atoms with Gasteiger partial charge in [0.1, 0.15) is 11.8 Å². The Hall–Kier alpha value is -2.80. The van der Waals surface area contributed by atoms with Crippen LogP contribution in [0.25, 0.3) is 0 Å². The van der Waals surface area contributed by atoms with Gasteiger partial charge in [0, 0.05) is 28.9 Å². The van der Waals surface area contributed by atoms with E-state index in [1.54, 1.807) is 19.1 Å². The number of nitro groups is 1. The number of carbonyl (C=O) groups excluding carboxylic acids is 1. The third kappa shape index (κ3) is 4.60. The standard InChI is InChI=1S/C17H18ClN3O4/c1-10-8-15(16(25-3)9-14(10)18)19-11(2)17(22)20-12-4-6-13(7-5-12)21(23)24/h4-9,11,19H,1-3H3,(H,20,22). The van der Waals surface area contributed by atoms with Crippen LogP contribution in [-0.4, -0.2) is 24.0 Å². The van der Waals surface area contributed by atoms with Crippen LogP contribution in [0.15, 0.2) is 36.4 Å². The van der Waals surface area contributed by atoms with E-state index in [2.05, 4.69) is 10.6 Å². The molecule has 7 nitrogen and oxygen atoms in total. The molecule has 132 valence electrons. The first-order valence-corrected chi connectivity index (χ1v) is 7.85. The van der Waals surface area contributed by atoms with Crippen LogP contribution < -0.4 is 15.4 Å². The molecule has 2 rings (SSSR count). The minimum Gasteiger partial charge on any atom is -0.495 e. The number of rotatable bonds is 6. The van der Waals surface area contributed by atoms with Gasteiger partial charge in [-0.3, -0.25) is 14.9 Å². The van der Waals surface area contributed by atoms with Gasteiger partial charge in [-0.25, -0.2) is 0 Å². The molecule has 1 amide bonds. The van der Waals surface area contributed by atoms with Crippen molar-refractivity contribution >= 4 is 34.6 Å². The molecule has 0 aromatic heterocycles. The molecular formula is C17H18ClN3O4. The third-order valence-corrected chi connectivity index (χ3v) is 4.00. The monoisotopic (exact) mass is 363 g/mol. The van der Waals surface area contributed by atoms with Crippen molar-refractivity contribution in [2.75, 3.05) is 17.7 Å². The van der Waals surface area contributed by atoms with Crippen LogP contribution in [0.3, 0.4) is 0 Å². The van der Waals surface area contributed by atoms with Gasteiger partial charge in [-0.15, -0.1) is 0 Å². The first-order valence-electron chi connectivity index (χ1n) is 7.48. The fourth-order valence-electron chi connectivity index (χ4n) is 2.16. The Bertz CT molecular complexity index is 793. The van der Waals surface area contributed by atoms with Gasteiger partial charge < -0.3 is 15.4 Å². The van der Waals surface area contributed by atoms with Crippen molar-refractivity contribution in [3.8, 4) is 5.75 Å². The third-order valence-electron chi connectivity index (χ3n) is 3.59. The number of methoxy groups -OCH3 is 1. The lowest BCUT2D eigenvalue weighted by atomic mass is 10.2. The van der Waals surface area contributed by atoms with Gasteiger partial charge in [0.25, 0.3) is 5.69 Å². The number of amides is 1. The number of anilines is 2. The van der Waals surface area contributed by atoms with Gasteiger partial charge in [0.15, 0.2) is 0 Å². The lowest BCUT2D eigenvalue weighted by molar-refractivity contribution is -0.384. The molecule has 0 spiro atoms. The summed E-state index contributed by atoms with van der Waals surface area (Å²) in [5.74, 6) is 0.245. The minimum absolute atomic E-state index is 0.0365. The van der Waals surface area contributed by atoms with Crippen molar-refractivity contribution in [3.63, 3.8) is 0 Å². The maximum atomic E-state index is 12.3. The molecule has 8 heteroatoms. The Morgan fingerprint density at radius 2 is 1.92 bits per heavy atom. The Morgan fingerprint density at radius 3 is 2.48 bits per heavy atom. The molecular weight excluding hydrogens is 346 g/mol. The van der Waals surface area contributed by atoms with E-state index < -0.39 is 11.0 Å². The molecule has 2 aromatic rings. The number of hydrogen-bond acceptors (Lipinski definition) is 5. The summed E-state index contributed by atoms with van der Waals surface area (Å²) >= 11 is 6.07. The fourth-order valence-corrected chi connectivity index (χ4v) is 2.31. The average Bonchev–Trinajstić information content (AvgIpc) is 2.58. The van der Waals surface area contributed by atoms with E-state index in [4.69, 9.17) is 16.3 Å². The summed E-state index contributed by atoms with van der Waals surface area (Å²) in [5, 5.41) is 17.0. The summed E-state index contributed by atoms with van der Waals surface area (Å²) in [7, 11) is 1.52. The Labute approximate surface area is 150 Å². The summed E-state index contributed by atoms with van der Waals surface area (Å²) in [6.45, 7) is 3.55. The van der Waals surface area contributed by atoms with E-state index in [0.717, 1.165) is 5.56 Å². The summed E-state index contributed by atoms with van der Waals surface area (Å²) in [5.41, 5.74) is 1.94. The van der Waals surface area contributed by atoms with Gasteiger partial charge in [0.2, 0.25) is 5.91 Å². The summed E-state index contributed by atoms with van der Waals surface area (Å²) in [6, 6.07) is 8.55. The summed E-state index contributed by atoms with van der Waals surface area (Å²) in [6.07, 6.45) is 0. The molecule has 25 heavy (non-hydrogen) atoms. The van der Waals surface area contributed by atoms with Crippen LogP contribution in [0.4, 0.5) is 17.1 Å². The Balaban J connectivity index is 2.07. The highest BCUT2D eigenvalue weighted by molar-refractivity contribution is 6.31. The molecule has 0 aliphatic rings. The van der Waals surface area contributed by atoms with E-state index in [-0.39, 0.29) is 11.6 Å². The number of aryl methyl sites for hydroxylation is 1. The second-order valence-electron chi connectivity index (χ2n) is 5.46. The number of carbonyl (C=O) groups is 1. The predicted molar refractivity (Wildman–Crippen MR) is 97.6 cm³/mol. The lowest BCUT2D eigenvalue weighted by Gasteiger charge is -2.18. The van der Waals surface area contributed by atoms with Gasteiger partial charge in [-0.1, -0.05) is 11.6 Å². The zero-order chi connectivity index (χ0) is 18.6. The number of non-ortho nitro benzene ring substituents is 1. The minimum atomic E-state index is -0.565. The van der Waals surface area contributed by atoms with E-state index >= 15 is 0 Å². The molecule has 2 N–H and O–H groups in total. The normalized spacial score (nSPS) is 11.5. The fraction of sp³-hybridized carbons (Fsp3) is 0.235. The number of hydrogen-bond donors (Lipinski definition) is 2. The SMILES string of the molecule is COc1cc(Cl)c(C)cc1NC(C)C(=O)Nc1ccc([N+](=O)[O-])cc1. The zero-order valence-electron chi connectivity index (χ0n) is 14.0. The first kappa shape index (κ1) is 18.5. The molecule has 2 aromatic carbocycles. The topological polar surface area (TPSA) is 93.5 Å². The Morgan fingerprint density at radius 1 is 1.28 bits per heavy atom. The molecule has 0 fully saturated rings. The summed E-state index contributed by atoms with van der Waals surface area (Å²) in [4.78, 5) is 22.5. The number of ether oxygens (including phenoxy) is 1. The van der Waals surface area contributed by atoms with Crippen LogP contribution in [0.1, 0.15) is 12.5 Å². The molecule has 0 saturated carbocycles. The number of nitrogens with zero attached hydrogens (tertiary/aromatic N) is 1. The highest BCUT2D eigenvalue weighted by atomic mass is 35.5. The number of nitrogens with one attached hydrogen (secondary N) is 2. The van der Waals surface area contributed by atoms with Crippen molar-refractivity contribution in [1.29, 1.82) is 0 Å². The van der Waals surface area contributed by atoms with E-state index in [0.29, 0.717) is 22.1 Å². The highest BCUT2D eigenvalue weighted by Crippen LogP contribution is 2.31. The molecule has 1 atom stereocenters. The molecule has 0 heterocycles. The van der Waals surface area contributed by atoms with Crippen molar-refractivity contribution in [1.82, 2.24) is 0 Å². The quantitative estimate of drug-likeness (QED) is 0.597. The van der Waals surface area contributed by atoms with E-state index in [1.807, 2.05) is 6.92 Å². The largest absolute Gasteiger partial charge is 0.495 e. The Kier molecular flexibility index (Phi) is 5.82. The lowest BCUT2D eigenvalue weighted by Crippen LogP contribution is -2.32. The molecule has 0 bridgehead atoms. The number of nitro benzene ring substituents is 1. The van der Waals surface area contributed by atoms with E-state index in [1.165, 1.54) is 31.4 Å². The second kappa shape index (κ2) is 7.85. The zero-order valence-corrected chi connectivity index (χ0v) is 14.8. The van der Waals surface area contributed by atoms with Crippen molar-refractivity contribution in [3.05, 3.63) is 57.1 Å². The van der Waals surface area contributed by atoms with Crippen LogP contribution >= 0.6 is 11.6 Å². The second-order valence-corrected chi connectivity index (χ2v) is 5.87. The summed E-state index contributed by atoms with van der Waals surface area (Å²) < 4.78 is 5.27. The maximum absolute atomic E-state index is 12.3. The molecule has 0 aliphatic carbocycles. The highest BCUT2D eigenvalue weighted by Gasteiger charge is 2.16. The van der Waals surface area contributed by atoms with E-state index in [9.17, 15) is 14.9 Å². The predicted octanol–water partition coefficient (Wildman–Crippen LogP) is 4.00. The van der Waals surface area contributed by atoms with Crippen LogP contribution in [0.2, 0.25) is 5.02 Å².